The molecule has 1 N–H and O–H groups in total. The van der Waals surface area contributed by atoms with Crippen LogP contribution < -0.4 is 0 Å². The number of unbranched alkanes of at least 4 members (excludes halogenated alkanes) is 2. The van der Waals surface area contributed by atoms with Gasteiger partial charge < -0.3 is 9.84 Å². The van der Waals surface area contributed by atoms with Crippen molar-refractivity contribution in [3.05, 3.63) is 12.2 Å². The number of hydrogen-bond acceptors (Lipinski definition) is 3. The first-order valence-electron chi connectivity index (χ1n) is 11.4. The summed E-state index contributed by atoms with van der Waals surface area (Å²) in [6.45, 7) is 0.965. The van der Waals surface area contributed by atoms with Crippen molar-refractivity contribution in [2.75, 3.05) is 6.61 Å². The standard InChI is InChI=1S/C23H38O3S/c24-23(25)14-7-2-1-6-12-19-20(22-16-15-21(19)27-22)13-8-9-17-26-18-10-4-3-5-11-18/h1,6,18-22H,2-5,7-17H2,(H,24,25)/b6-1-/t19-,20+,21-,22+/m1/s1. The average Bonchev–Trinajstić information content (AvgIpc) is 3.27. The second kappa shape index (κ2) is 11.5. The predicted octanol–water partition coefficient (Wildman–Crippen LogP) is 6.22. The molecular formula is C23H38O3S. The van der Waals surface area contributed by atoms with Crippen LogP contribution in [0, 0.1) is 11.8 Å². The Morgan fingerprint density at radius 3 is 2.52 bits per heavy atom. The highest BCUT2D eigenvalue weighted by atomic mass is 32.2. The van der Waals surface area contributed by atoms with Crippen molar-refractivity contribution < 1.29 is 14.6 Å². The van der Waals surface area contributed by atoms with Crippen molar-refractivity contribution in [1.29, 1.82) is 0 Å². The van der Waals surface area contributed by atoms with Crippen LogP contribution in [-0.4, -0.2) is 34.3 Å². The molecule has 0 unspecified atom stereocenters. The highest BCUT2D eigenvalue weighted by molar-refractivity contribution is 8.01. The molecule has 2 saturated heterocycles. The fraction of sp³-hybridized carbons (Fsp3) is 0.870. The van der Waals surface area contributed by atoms with Crippen LogP contribution in [0.2, 0.25) is 0 Å². The quantitative estimate of drug-likeness (QED) is 0.315. The van der Waals surface area contributed by atoms with Gasteiger partial charge in [-0.1, -0.05) is 37.8 Å². The molecule has 0 aromatic carbocycles. The lowest BCUT2D eigenvalue weighted by Gasteiger charge is -2.29. The van der Waals surface area contributed by atoms with Crippen molar-refractivity contribution in [2.24, 2.45) is 11.8 Å². The Hall–Kier alpha value is -0.480. The first kappa shape index (κ1) is 21.2. The van der Waals surface area contributed by atoms with Crippen LogP contribution in [0.15, 0.2) is 12.2 Å². The smallest absolute Gasteiger partial charge is 0.303 e. The zero-order valence-corrected chi connectivity index (χ0v) is 17.6. The van der Waals surface area contributed by atoms with E-state index >= 15 is 0 Å². The number of ether oxygens (including phenoxy) is 1. The lowest BCUT2D eigenvalue weighted by Crippen LogP contribution is -2.27. The number of aliphatic carboxylic acids is 1. The minimum atomic E-state index is -0.680. The van der Waals surface area contributed by atoms with E-state index in [4.69, 9.17) is 9.84 Å². The van der Waals surface area contributed by atoms with E-state index in [0.717, 1.165) is 41.8 Å². The van der Waals surface area contributed by atoms with Gasteiger partial charge in [0, 0.05) is 23.5 Å². The first-order chi connectivity index (χ1) is 13.2. The third-order valence-corrected chi connectivity index (χ3v) is 8.63. The largest absolute Gasteiger partial charge is 0.481 e. The molecule has 0 aromatic rings. The Morgan fingerprint density at radius 2 is 1.74 bits per heavy atom. The van der Waals surface area contributed by atoms with E-state index in [1.54, 1.807) is 0 Å². The Kier molecular flexibility index (Phi) is 9.05. The molecule has 2 heterocycles. The lowest BCUT2D eigenvalue weighted by molar-refractivity contribution is -0.137. The molecule has 0 radical (unpaired) electrons. The van der Waals surface area contributed by atoms with Crippen LogP contribution >= 0.6 is 11.8 Å². The van der Waals surface area contributed by atoms with Gasteiger partial charge in [-0.05, 0) is 69.6 Å². The van der Waals surface area contributed by atoms with Gasteiger partial charge in [0.25, 0.3) is 0 Å². The van der Waals surface area contributed by atoms with E-state index in [2.05, 4.69) is 23.9 Å². The number of fused-ring (bicyclic) bond motifs is 2. The number of carboxylic acids is 1. The van der Waals surface area contributed by atoms with Crippen molar-refractivity contribution in [1.82, 2.24) is 0 Å². The molecule has 154 valence electrons. The molecule has 2 aliphatic heterocycles. The van der Waals surface area contributed by atoms with E-state index in [-0.39, 0.29) is 0 Å². The number of thioether (sulfide) groups is 1. The van der Waals surface area contributed by atoms with E-state index in [1.165, 1.54) is 70.6 Å². The maximum Gasteiger partial charge on any atom is 0.303 e. The van der Waals surface area contributed by atoms with E-state index < -0.39 is 5.97 Å². The first-order valence-corrected chi connectivity index (χ1v) is 12.3. The fourth-order valence-corrected chi connectivity index (χ4v) is 7.35. The Labute approximate surface area is 169 Å². The molecule has 4 heteroatoms. The molecule has 0 amide bonds. The molecule has 3 rings (SSSR count). The zero-order valence-electron chi connectivity index (χ0n) is 16.8. The van der Waals surface area contributed by atoms with Crippen LogP contribution in [0.4, 0.5) is 0 Å². The second-order valence-corrected chi connectivity index (χ2v) is 10.2. The van der Waals surface area contributed by atoms with Crippen molar-refractivity contribution in [3.8, 4) is 0 Å². The summed E-state index contributed by atoms with van der Waals surface area (Å²) in [5.74, 6) is 1.07. The SMILES string of the molecule is O=C(O)CCC/C=C\C[C@@H]1[C@H](CCCCOC2CCCCC2)[C@@H]2CC[C@H]1S2. The Bertz CT molecular complexity index is 472. The van der Waals surface area contributed by atoms with Gasteiger partial charge in [0.1, 0.15) is 0 Å². The van der Waals surface area contributed by atoms with E-state index in [1.807, 2.05) is 0 Å². The van der Waals surface area contributed by atoms with Crippen molar-refractivity contribution in [3.63, 3.8) is 0 Å². The number of allylic oxidation sites excluding steroid dienone is 2. The molecule has 3 aliphatic rings. The van der Waals surface area contributed by atoms with Gasteiger partial charge in [-0.15, -0.1) is 0 Å². The van der Waals surface area contributed by atoms with Gasteiger partial charge >= 0.3 is 5.97 Å². The Balaban J connectivity index is 1.31. The predicted molar refractivity (Wildman–Crippen MR) is 113 cm³/mol. The minimum Gasteiger partial charge on any atom is -0.481 e. The molecule has 1 saturated carbocycles. The van der Waals surface area contributed by atoms with Crippen LogP contribution in [0.1, 0.15) is 89.9 Å². The van der Waals surface area contributed by atoms with Gasteiger partial charge in [-0.25, -0.2) is 0 Å². The van der Waals surface area contributed by atoms with Gasteiger partial charge in [0.15, 0.2) is 0 Å². The van der Waals surface area contributed by atoms with Crippen LogP contribution in [-0.2, 0) is 9.53 Å². The number of rotatable bonds is 12. The summed E-state index contributed by atoms with van der Waals surface area (Å²) in [6, 6.07) is 0. The molecule has 3 fully saturated rings. The fourth-order valence-electron chi connectivity index (χ4n) is 5.30. The molecular weight excluding hydrogens is 356 g/mol. The van der Waals surface area contributed by atoms with E-state index in [9.17, 15) is 4.79 Å². The molecule has 2 bridgehead atoms. The van der Waals surface area contributed by atoms with Gasteiger partial charge in [-0.2, -0.15) is 11.8 Å². The average molecular weight is 395 g/mol. The molecule has 0 spiro atoms. The van der Waals surface area contributed by atoms with Gasteiger partial charge in [0.05, 0.1) is 6.10 Å². The summed E-state index contributed by atoms with van der Waals surface area (Å²) < 4.78 is 6.10. The summed E-state index contributed by atoms with van der Waals surface area (Å²) in [4.78, 5) is 10.6. The van der Waals surface area contributed by atoms with Crippen molar-refractivity contribution in [2.45, 2.75) is 106 Å². The zero-order chi connectivity index (χ0) is 18.9. The second-order valence-electron chi connectivity index (χ2n) is 8.74. The van der Waals surface area contributed by atoms with Crippen molar-refractivity contribution >= 4 is 17.7 Å². The summed E-state index contributed by atoms with van der Waals surface area (Å²) in [5.41, 5.74) is 0. The van der Waals surface area contributed by atoms with E-state index in [0.29, 0.717) is 12.5 Å². The molecule has 1 aliphatic carbocycles. The molecule has 27 heavy (non-hydrogen) atoms. The summed E-state index contributed by atoms with van der Waals surface area (Å²) in [6.07, 6.45) is 21.7. The van der Waals surface area contributed by atoms with Gasteiger partial charge in [0.2, 0.25) is 0 Å². The summed E-state index contributed by atoms with van der Waals surface area (Å²) in [5, 5.41) is 10.5. The number of carbonyl (C=O) groups is 1. The Morgan fingerprint density at radius 1 is 0.963 bits per heavy atom. The molecule has 4 atom stereocenters. The maximum atomic E-state index is 10.6. The highest BCUT2D eigenvalue weighted by Gasteiger charge is 2.46. The van der Waals surface area contributed by atoms with Crippen LogP contribution in [0.3, 0.4) is 0 Å². The topological polar surface area (TPSA) is 46.5 Å². The molecule has 3 nitrogen and oxygen atoms in total. The van der Waals surface area contributed by atoms with Crippen LogP contribution in [0.5, 0.6) is 0 Å². The number of carboxylic acid groups (broad SMARTS) is 1. The lowest BCUT2D eigenvalue weighted by atomic mass is 9.75. The third kappa shape index (κ3) is 6.81. The maximum absolute atomic E-state index is 10.6. The highest BCUT2D eigenvalue weighted by Crippen LogP contribution is 2.55. The normalized spacial score (nSPS) is 31.1. The third-order valence-electron chi connectivity index (χ3n) is 6.76. The summed E-state index contributed by atoms with van der Waals surface area (Å²) >= 11 is 2.26. The minimum absolute atomic E-state index is 0.292. The molecule has 0 aromatic heterocycles. The van der Waals surface area contributed by atoms with Crippen LogP contribution in [0.25, 0.3) is 0 Å². The monoisotopic (exact) mass is 394 g/mol. The number of hydrogen-bond donors (Lipinski definition) is 1. The van der Waals surface area contributed by atoms with Gasteiger partial charge in [-0.3, -0.25) is 4.79 Å². The summed E-state index contributed by atoms with van der Waals surface area (Å²) in [7, 11) is 0.